The van der Waals surface area contributed by atoms with Gasteiger partial charge in [0.25, 0.3) is 0 Å². The average Bonchev–Trinajstić information content (AvgIpc) is 2.28. The summed E-state index contributed by atoms with van der Waals surface area (Å²) in [6.45, 7) is 6.71. The normalized spacial score (nSPS) is 16.9. The van der Waals surface area contributed by atoms with E-state index in [1.165, 1.54) is 0 Å². The molecule has 0 aliphatic carbocycles. The molecule has 5 nitrogen and oxygen atoms in total. The molecule has 1 rings (SSSR count). The molecule has 1 N–H and O–H groups in total. The number of hydrogen-bond donors (Lipinski definition) is 1. The Hall–Kier alpha value is -1.10. The Morgan fingerprint density at radius 1 is 1.37 bits per heavy atom. The highest BCUT2D eigenvalue weighted by Gasteiger charge is 2.23. The quantitative estimate of drug-likeness (QED) is 0.772. The van der Waals surface area contributed by atoms with Crippen molar-refractivity contribution >= 4 is 11.8 Å². The van der Waals surface area contributed by atoms with Gasteiger partial charge in [0.05, 0.1) is 6.54 Å². The summed E-state index contributed by atoms with van der Waals surface area (Å²) in [5.74, 6) is 0.0519. The lowest BCUT2D eigenvalue weighted by Crippen LogP contribution is -2.46. The third-order valence-corrected chi connectivity index (χ3v) is 3.26. The second-order valence-corrected chi connectivity index (χ2v) is 6.45. The van der Waals surface area contributed by atoms with Gasteiger partial charge in [-0.05, 0) is 32.4 Å². The molecule has 0 bridgehead atoms. The first kappa shape index (κ1) is 16.0. The molecule has 0 aromatic carbocycles. The number of piperidine rings is 1. The summed E-state index contributed by atoms with van der Waals surface area (Å²) < 4.78 is 0. The predicted molar refractivity (Wildman–Crippen MR) is 75.8 cm³/mol. The Bertz CT molecular complexity index is 327. The highest BCUT2D eigenvalue weighted by Crippen LogP contribution is 2.14. The maximum absolute atomic E-state index is 11.9. The molecule has 19 heavy (non-hydrogen) atoms. The van der Waals surface area contributed by atoms with Crippen molar-refractivity contribution in [2.75, 3.05) is 40.3 Å². The standard InChI is InChI=1S/C14H27N3O2/c1-14(2,11-16(3)4)10-15-12(18)9-17-8-6-5-7-13(17)19/h5-11H2,1-4H3,(H,15,18). The first-order chi connectivity index (χ1) is 8.80. The molecule has 0 aromatic rings. The lowest BCUT2D eigenvalue weighted by molar-refractivity contribution is -0.137. The van der Waals surface area contributed by atoms with Gasteiger partial charge in [-0.15, -0.1) is 0 Å². The van der Waals surface area contributed by atoms with Gasteiger partial charge in [0.1, 0.15) is 0 Å². The third kappa shape index (κ3) is 6.05. The number of hydrogen-bond acceptors (Lipinski definition) is 3. The van der Waals surface area contributed by atoms with Crippen LogP contribution < -0.4 is 5.32 Å². The van der Waals surface area contributed by atoms with Crippen LogP contribution in [-0.4, -0.2) is 61.9 Å². The zero-order chi connectivity index (χ0) is 14.5. The van der Waals surface area contributed by atoms with E-state index in [9.17, 15) is 9.59 Å². The van der Waals surface area contributed by atoms with Crippen LogP contribution in [0.3, 0.4) is 0 Å². The van der Waals surface area contributed by atoms with Crippen molar-refractivity contribution in [2.24, 2.45) is 5.41 Å². The topological polar surface area (TPSA) is 52.7 Å². The highest BCUT2D eigenvalue weighted by atomic mass is 16.2. The Morgan fingerprint density at radius 3 is 2.63 bits per heavy atom. The highest BCUT2D eigenvalue weighted by molar-refractivity contribution is 5.85. The molecule has 0 radical (unpaired) electrons. The van der Waals surface area contributed by atoms with Crippen LogP contribution in [-0.2, 0) is 9.59 Å². The molecule has 0 aromatic heterocycles. The van der Waals surface area contributed by atoms with Crippen LogP contribution in [0.15, 0.2) is 0 Å². The zero-order valence-corrected chi connectivity index (χ0v) is 12.7. The molecule has 1 fully saturated rings. The van der Waals surface area contributed by atoms with Crippen molar-refractivity contribution in [1.82, 2.24) is 15.1 Å². The van der Waals surface area contributed by atoms with Gasteiger partial charge in [-0.1, -0.05) is 13.8 Å². The lowest BCUT2D eigenvalue weighted by atomic mass is 9.93. The first-order valence-corrected chi connectivity index (χ1v) is 6.99. The molecule has 0 unspecified atom stereocenters. The molecule has 5 heteroatoms. The van der Waals surface area contributed by atoms with Crippen LogP contribution in [0.25, 0.3) is 0 Å². The minimum absolute atomic E-state index is 0.0328. The maximum atomic E-state index is 11.9. The van der Waals surface area contributed by atoms with Crippen molar-refractivity contribution in [3.05, 3.63) is 0 Å². The largest absolute Gasteiger partial charge is 0.354 e. The summed E-state index contributed by atoms with van der Waals surface area (Å²) in [4.78, 5) is 27.3. The summed E-state index contributed by atoms with van der Waals surface area (Å²) in [7, 11) is 4.05. The van der Waals surface area contributed by atoms with Crippen LogP contribution in [0.2, 0.25) is 0 Å². The average molecular weight is 269 g/mol. The number of likely N-dealkylation sites (tertiary alicyclic amines) is 1. The van der Waals surface area contributed by atoms with Crippen LogP contribution in [0, 0.1) is 5.41 Å². The summed E-state index contributed by atoms with van der Waals surface area (Å²) >= 11 is 0. The second-order valence-electron chi connectivity index (χ2n) is 6.45. The van der Waals surface area contributed by atoms with Gasteiger partial charge >= 0.3 is 0 Å². The van der Waals surface area contributed by atoms with Crippen molar-refractivity contribution in [2.45, 2.75) is 33.1 Å². The lowest BCUT2D eigenvalue weighted by Gasteiger charge is -2.30. The molecule has 1 saturated heterocycles. The fourth-order valence-electron chi connectivity index (χ4n) is 2.51. The molecule has 1 aliphatic heterocycles. The van der Waals surface area contributed by atoms with Gasteiger partial charge in [-0.2, -0.15) is 0 Å². The Labute approximate surface area is 116 Å². The molecule has 2 amide bonds. The molecule has 0 saturated carbocycles. The minimum Gasteiger partial charge on any atom is -0.354 e. The smallest absolute Gasteiger partial charge is 0.239 e. The number of carbonyl (C=O) groups excluding carboxylic acids is 2. The first-order valence-electron chi connectivity index (χ1n) is 6.99. The van der Waals surface area contributed by atoms with E-state index in [0.717, 1.165) is 19.4 Å². The number of carbonyl (C=O) groups is 2. The van der Waals surface area contributed by atoms with E-state index in [1.54, 1.807) is 4.90 Å². The van der Waals surface area contributed by atoms with E-state index in [0.29, 0.717) is 19.5 Å². The van der Waals surface area contributed by atoms with Crippen molar-refractivity contribution in [3.63, 3.8) is 0 Å². The predicted octanol–water partition coefficient (Wildman–Crippen LogP) is 0.703. The van der Waals surface area contributed by atoms with E-state index < -0.39 is 0 Å². The maximum Gasteiger partial charge on any atom is 0.239 e. The zero-order valence-electron chi connectivity index (χ0n) is 12.7. The third-order valence-electron chi connectivity index (χ3n) is 3.26. The van der Waals surface area contributed by atoms with Crippen LogP contribution in [0.5, 0.6) is 0 Å². The van der Waals surface area contributed by atoms with Crippen LogP contribution in [0.4, 0.5) is 0 Å². The van der Waals surface area contributed by atoms with E-state index >= 15 is 0 Å². The molecule has 110 valence electrons. The number of nitrogens with one attached hydrogen (secondary N) is 1. The Kier molecular flexibility index (Phi) is 5.79. The van der Waals surface area contributed by atoms with Crippen LogP contribution >= 0.6 is 0 Å². The minimum atomic E-state index is -0.0536. The molecular weight excluding hydrogens is 242 g/mol. The molecular formula is C14H27N3O2. The fraction of sp³-hybridized carbons (Fsp3) is 0.857. The summed E-state index contributed by atoms with van der Waals surface area (Å²) in [5, 5.41) is 2.94. The summed E-state index contributed by atoms with van der Waals surface area (Å²) in [5.41, 5.74) is 0.0328. The molecule has 0 spiro atoms. The summed E-state index contributed by atoms with van der Waals surface area (Å²) in [6, 6.07) is 0. The summed E-state index contributed by atoms with van der Waals surface area (Å²) in [6.07, 6.45) is 2.54. The van der Waals surface area contributed by atoms with Crippen LogP contribution in [0.1, 0.15) is 33.1 Å². The van der Waals surface area contributed by atoms with Gasteiger partial charge in [-0.25, -0.2) is 0 Å². The van der Waals surface area contributed by atoms with Gasteiger partial charge < -0.3 is 15.1 Å². The van der Waals surface area contributed by atoms with E-state index in [1.807, 2.05) is 14.1 Å². The van der Waals surface area contributed by atoms with Crippen molar-refractivity contribution in [3.8, 4) is 0 Å². The number of rotatable bonds is 6. The van der Waals surface area contributed by atoms with Gasteiger partial charge in [0.2, 0.25) is 11.8 Å². The number of nitrogens with zero attached hydrogens (tertiary/aromatic N) is 2. The molecule has 1 aliphatic rings. The van der Waals surface area contributed by atoms with E-state index in [4.69, 9.17) is 0 Å². The monoisotopic (exact) mass is 269 g/mol. The fourth-order valence-corrected chi connectivity index (χ4v) is 2.51. The van der Waals surface area contributed by atoms with Crippen molar-refractivity contribution in [1.29, 1.82) is 0 Å². The SMILES string of the molecule is CN(C)CC(C)(C)CNC(=O)CN1CCCCC1=O. The van der Waals surface area contributed by atoms with E-state index in [2.05, 4.69) is 24.1 Å². The second kappa shape index (κ2) is 6.89. The Balaban J connectivity index is 2.33. The van der Waals surface area contributed by atoms with Gasteiger partial charge in [0.15, 0.2) is 0 Å². The van der Waals surface area contributed by atoms with Gasteiger partial charge in [0, 0.05) is 26.1 Å². The van der Waals surface area contributed by atoms with E-state index in [-0.39, 0.29) is 23.8 Å². The molecule has 0 atom stereocenters. The number of amides is 2. The molecule has 1 heterocycles. The Morgan fingerprint density at radius 2 is 2.05 bits per heavy atom. The van der Waals surface area contributed by atoms with Crippen molar-refractivity contribution < 1.29 is 9.59 Å². The van der Waals surface area contributed by atoms with Gasteiger partial charge in [-0.3, -0.25) is 9.59 Å².